The first-order valence-electron chi connectivity index (χ1n) is 9.28. The first-order valence-corrected chi connectivity index (χ1v) is 10.7. The molecule has 0 unspecified atom stereocenters. The molecule has 0 aromatic carbocycles. The number of carbonyl (C=O) groups excluding carboxylic acids is 1. The second kappa shape index (κ2) is 9.48. The number of hydrogen-bond donors (Lipinski definition) is 1. The van der Waals surface area contributed by atoms with Crippen molar-refractivity contribution in [3.8, 4) is 0 Å². The topological polar surface area (TPSA) is 87.5 Å². The van der Waals surface area contributed by atoms with E-state index in [0.717, 1.165) is 25.8 Å². The molecule has 148 valence electrons. The van der Waals surface area contributed by atoms with Crippen LogP contribution in [0, 0.1) is 5.92 Å². The van der Waals surface area contributed by atoms with Crippen molar-refractivity contribution in [2.75, 3.05) is 26.7 Å². The molecule has 1 aromatic heterocycles. The van der Waals surface area contributed by atoms with Crippen LogP contribution < -0.4 is 5.32 Å². The van der Waals surface area contributed by atoms with Gasteiger partial charge in [-0.15, -0.1) is 0 Å². The van der Waals surface area contributed by atoms with Crippen molar-refractivity contribution in [2.45, 2.75) is 52.1 Å². The van der Waals surface area contributed by atoms with Gasteiger partial charge in [-0.05, 0) is 45.1 Å². The van der Waals surface area contributed by atoms with Crippen LogP contribution in [0.25, 0.3) is 0 Å². The number of nitrogens with one attached hydrogen (secondary N) is 1. The Morgan fingerprint density at radius 3 is 2.62 bits per heavy atom. The lowest BCUT2D eigenvalue weighted by atomic mass is 9.98. The van der Waals surface area contributed by atoms with Gasteiger partial charge in [0.15, 0.2) is 0 Å². The highest BCUT2D eigenvalue weighted by Crippen LogP contribution is 2.21. The van der Waals surface area contributed by atoms with Crippen molar-refractivity contribution in [2.24, 2.45) is 5.92 Å². The molecule has 1 aliphatic heterocycles. The van der Waals surface area contributed by atoms with Crippen LogP contribution in [0.3, 0.4) is 0 Å². The van der Waals surface area contributed by atoms with Crippen molar-refractivity contribution in [3.63, 3.8) is 0 Å². The summed E-state index contributed by atoms with van der Waals surface area (Å²) in [4.78, 5) is 11.9. The average molecular weight is 386 g/mol. The minimum absolute atomic E-state index is 0.0479. The molecule has 0 spiro atoms. The third-order valence-corrected chi connectivity index (χ3v) is 7.10. The van der Waals surface area contributed by atoms with Gasteiger partial charge in [0.05, 0.1) is 0 Å². The summed E-state index contributed by atoms with van der Waals surface area (Å²) in [5.74, 6) is 0.382. The molecule has 0 radical (unpaired) electrons. The largest absolute Gasteiger partial charge is 0.356 e. The maximum atomic E-state index is 12.5. The van der Waals surface area contributed by atoms with E-state index in [-0.39, 0.29) is 11.9 Å². The Labute approximate surface area is 156 Å². The fourth-order valence-corrected chi connectivity index (χ4v) is 4.54. The Hall–Kier alpha value is -1.45. The molecule has 0 bridgehead atoms. The standard InChI is InChI=1S/C17H31N5O3S/c1-15(2)20(3)26(24,25)22-12-7-16(8-13-22)14-18-17(23)6-4-10-21-11-5-9-19-21/h5,9,11,15-16H,4,6-8,10,12-14H2,1-3H3,(H,18,23). The first-order chi connectivity index (χ1) is 12.3. The van der Waals surface area contributed by atoms with Crippen molar-refractivity contribution in [1.29, 1.82) is 0 Å². The fourth-order valence-electron chi connectivity index (χ4n) is 2.97. The number of rotatable bonds is 9. The first kappa shape index (κ1) is 20.9. The zero-order chi connectivity index (χ0) is 19.2. The van der Waals surface area contributed by atoms with Gasteiger partial charge in [0.2, 0.25) is 5.91 Å². The molecule has 1 aliphatic rings. The van der Waals surface area contributed by atoms with Gasteiger partial charge in [-0.3, -0.25) is 9.48 Å². The van der Waals surface area contributed by atoms with Crippen molar-refractivity contribution in [1.82, 2.24) is 23.7 Å². The smallest absolute Gasteiger partial charge is 0.281 e. The second-order valence-corrected chi connectivity index (χ2v) is 9.12. The Morgan fingerprint density at radius 2 is 2.04 bits per heavy atom. The van der Waals surface area contributed by atoms with Crippen molar-refractivity contribution in [3.05, 3.63) is 18.5 Å². The van der Waals surface area contributed by atoms with E-state index in [2.05, 4.69) is 10.4 Å². The van der Waals surface area contributed by atoms with E-state index >= 15 is 0 Å². The molecule has 0 atom stereocenters. The lowest BCUT2D eigenvalue weighted by Crippen LogP contribution is -2.48. The molecule has 2 rings (SSSR count). The highest BCUT2D eigenvalue weighted by Gasteiger charge is 2.32. The van der Waals surface area contributed by atoms with Gasteiger partial charge in [-0.1, -0.05) is 0 Å². The molecule has 26 heavy (non-hydrogen) atoms. The fraction of sp³-hybridized carbons (Fsp3) is 0.765. The number of amides is 1. The van der Waals surface area contributed by atoms with E-state index in [1.165, 1.54) is 4.31 Å². The maximum Gasteiger partial charge on any atom is 0.281 e. The highest BCUT2D eigenvalue weighted by molar-refractivity contribution is 7.86. The summed E-state index contributed by atoms with van der Waals surface area (Å²) in [6, 6.07) is 1.81. The number of carbonyl (C=O) groups is 1. The monoisotopic (exact) mass is 385 g/mol. The quantitative estimate of drug-likeness (QED) is 0.689. The number of aromatic nitrogens is 2. The number of nitrogens with zero attached hydrogens (tertiary/aromatic N) is 4. The van der Waals surface area contributed by atoms with E-state index in [9.17, 15) is 13.2 Å². The van der Waals surface area contributed by atoms with E-state index in [4.69, 9.17) is 0 Å². The summed E-state index contributed by atoms with van der Waals surface area (Å²) in [7, 11) is -1.76. The second-order valence-electron chi connectivity index (χ2n) is 7.14. The lowest BCUT2D eigenvalue weighted by molar-refractivity contribution is -0.121. The van der Waals surface area contributed by atoms with E-state index in [0.29, 0.717) is 32.0 Å². The molecular weight excluding hydrogens is 354 g/mol. The zero-order valence-electron chi connectivity index (χ0n) is 16.0. The summed E-state index contributed by atoms with van der Waals surface area (Å²) >= 11 is 0. The van der Waals surface area contributed by atoms with Gasteiger partial charge in [0.25, 0.3) is 10.2 Å². The van der Waals surface area contributed by atoms with Crippen LogP contribution in [0.5, 0.6) is 0 Å². The van der Waals surface area contributed by atoms with Crippen LogP contribution in [-0.4, -0.2) is 65.4 Å². The predicted octanol–water partition coefficient (Wildman–Crippen LogP) is 1.08. The average Bonchev–Trinajstić information content (AvgIpc) is 3.13. The molecule has 1 aromatic rings. The molecule has 1 amide bonds. The lowest BCUT2D eigenvalue weighted by Gasteiger charge is -2.34. The van der Waals surface area contributed by atoms with Crippen molar-refractivity contribution >= 4 is 16.1 Å². The molecule has 9 heteroatoms. The van der Waals surface area contributed by atoms with Crippen LogP contribution in [0.4, 0.5) is 0 Å². The van der Waals surface area contributed by atoms with Crippen LogP contribution in [0.1, 0.15) is 39.5 Å². The molecule has 1 fully saturated rings. The van der Waals surface area contributed by atoms with E-state index in [1.807, 2.05) is 30.8 Å². The van der Waals surface area contributed by atoms with Gasteiger partial charge in [0, 0.05) is 58.1 Å². The molecule has 1 N–H and O–H groups in total. The third kappa shape index (κ3) is 5.78. The number of hydrogen-bond acceptors (Lipinski definition) is 4. The van der Waals surface area contributed by atoms with Gasteiger partial charge >= 0.3 is 0 Å². The van der Waals surface area contributed by atoms with Gasteiger partial charge in [0.1, 0.15) is 0 Å². The Bertz CT molecular complexity index is 652. The Kier molecular flexibility index (Phi) is 7.60. The van der Waals surface area contributed by atoms with E-state index < -0.39 is 10.2 Å². The van der Waals surface area contributed by atoms with Gasteiger partial charge in [-0.2, -0.15) is 22.1 Å². The van der Waals surface area contributed by atoms with Gasteiger partial charge in [-0.25, -0.2) is 0 Å². The van der Waals surface area contributed by atoms with Crippen LogP contribution in [-0.2, 0) is 21.5 Å². The SMILES string of the molecule is CC(C)N(C)S(=O)(=O)N1CCC(CNC(=O)CCCn2cccn2)CC1. The summed E-state index contributed by atoms with van der Waals surface area (Å²) < 4.78 is 29.8. The maximum absolute atomic E-state index is 12.5. The molecule has 8 nitrogen and oxygen atoms in total. The summed E-state index contributed by atoms with van der Waals surface area (Å²) in [6.45, 7) is 6.12. The Morgan fingerprint density at radius 1 is 1.35 bits per heavy atom. The van der Waals surface area contributed by atoms with Crippen molar-refractivity contribution < 1.29 is 13.2 Å². The zero-order valence-corrected chi connectivity index (χ0v) is 16.8. The van der Waals surface area contributed by atoms with Crippen LogP contribution >= 0.6 is 0 Å². The van der Waals surface area contributed by atoms with E-state index in [1.54, 1.807) is 17.5 Å². The molecule has 2 heterocycles. The number of aryl methyl sites for hydroxylation is 1. The molecule has 0 aliphatic carbocycles. The van der Waals surface area contributed by atoms with Gasteiger partial charge < -0.3 is 5.32 Å². The number of piperidine rings is 1. The van der Waals surface area contributed by atoms with Crippen LogP contribution in [0.15, 0.2) is 18.5 Å². The Balaban J connectivity index is 1.66. The normalized spacial score (nSPS) is 17.1. The predicted molar refractivity (Wildman–Crippen MR) is 101 cm³/mol. The highest BCUT2D eigenvalue weighted by atomic mass is 32.2. The summed E-state index contributed by atoms with van der Waals surface area (Å²) in [6.07, 6.45) is 6.40. The minimum Gasteiger partial charge on any atom is -0.356 e. The molecule has 1 saturated heterocycles. The summed E-state index contributed by atoms with van der Waals surface area (Å²) in [5.41, 5.74) is 0. The molecular formula is C17H31N5O3S. The summed E-state index contributed by atoms with van der Waals surface area (Å²) in [5, 5.41) is 7.09. The third-order valence-electron chi connectivity index (χ3n) is 4.93. The minimum atomic E-state index is -3.38. The van der Waals surface area contributed by atoms with Crippen LogP contribution in [0.2, 0.25) is 0 Å². The molecule has 0 saturated carbocycles.